The first-order chi connectivity index (χ1) is 6.54. The molecule has 1 unspecified atom stereocenters. The molecule has 14 heavy (non-hydrogen) atoms. The van der Waals surface area contributed by atoms with E-state index >= 15 is 0 Å². The number of hydrogen-bond donors (Lipinski definition) is 1. The van der Waals surface area contributed by atoms with E-state index < -0.39 is 5.97 Å². The van der Waals surface area contributed by atoms with Gasteiger partial charge in [0, 0.05) is 6.54 Å². The lowest BCUT2D eigenvalue weighted by atomic mass is 9.82. The summed E-state index contributed by atoms with van der Waals surface area (Å²) in [4.78, 5) is 12.9. The van der Waals surface area contributed by atoms with Crippen LogP contribution in [0.25, 0.3) is 0 Å². The summed E-state index contributed by atoms with van der Waals surface area (Å²) in [6.45, 7) is 8.09. The molecule has 0 bridgehead atoms. The van der Waals surface area contributed by atoms with Crippen molar-refractivity contribution in [3.63, 3.8) is 0 Å². The average Bonchev–Trinajstić information content (AvgIpc) is 2.61. The fourth-order valence-corrected chi connectivity index (χ4v) is 2.28. The van der Waals surface area contributed by atoms with Crippen LogP contribution in [-0.2, 0) is 4.79 Å². The summed E-state index contributed by atoms with van der Waals surface area (Å²) >= 11 is 0. The van der Waals surface area contributed by atoms with Crippen molar-refractivity contribution in [2.75, 3.05) is 13.1 Å². The molecule has 0 aromatic carbocycles. The van der Waals surface area contributed by atoms with Crippen molar-refractivity contribution < 1.29 is 9.90 Å². The lowest BCUT2D eigenvalue weighted by molar-refractivity contribution is -0.142. The molecular weight excluding hydrogens is 178 g/mol. The number of nitrogens with zero attached hydrogens (tertiary/aromatic N) is 1. The molecule has 1 rings (SSSR count). The second-order valence-corrected chi connectivity index (χ2v) is 4.44. The number of carboxylic acid groups (broad SMARTS) is 1. The largest absolute Gasteiger partial charge is 0.480 e. The van der Waals surface area contributed by atoms with Crippen molar-refractivity contribution in [1.82, 2.24) is 4.90 Å². The van der Waals surface area contributed by atoms with Crippen LogP contribution in [0.15, 0.2) is 0 Å². The van der Waals surface area contributed by atoms with Crippen molar-refractivity contribution in [2.24, 2.45) is 5.41 Å². The minimum atomic E-state index is -0.701. The molecule has 0 aromatic rings. The molecule has 1 saturated heterocycles. The molecule has 1 fully saturated rings. The number of aliphatic carboxylic acids is 1. The summed E-state index contributed by atoms with van der Waals surface area (Å²) < 4.78 is 0. The van der Waals surface area contributed by atoms with E-state index in [1.807, 2.05) is 0 Å². The standard InChI is InChI=1S/C11H21NO2/c1-4-11(5-2)6-7-12(8-11)9(3)10(13)14/h9H,4-8H2,1-3H3,(H,13,14). The SMILES string of the molecule is CCC1(CC)CCN(C(C)C(=O)O)C1. The summed E-state index contributed by atoms with van der Waals surface area (Å²) in [7, 11) is 0. The van der Waals surface area contributed by atoms with Gasteiger partial charge in [-0.3, -0.25) is 9.69 Å². The van der Waals surface area contributed by atoms with Gasteiger partial charge in [0.2, 0.25) is 0 Å². The predicted octanol–water partition coefficient (Wildman–Crippen LogP) is 1.97. The Morgan fingerprint density at radius 3 is 2.43 bits per heavy atom. The van der Waals surface area contributed by atoms with Crippen LogP contribution >= 0.6 is 0 Å². The van der Waals surface area contributed by atoms with Gasteiger partial charge in [-0.2, -0.15) is 0 Å². The molecule has 1 heterocycles. The number of hydrogen-bond acceptors (Lipinski definition) is 2. The Bertz CT molecular complexity index is 211. The number of carbonyl (C=O) groups is 1. The molecule has 82 valence electrons. The molecule has 0 amide bonds. The van der Waals surface area contributed by atoms with Gasteiger partial charge in [-0.25, -0.2) is 0 Å². The Morgan fingerprint density at radius 1 is 1.50 bits per heavy atom. The highest BCUT2D eigenvalue weighted by molar-refractivity contribution is 5.72. The van der Waals surface area contributed by atoms with Crippen molar-refractivity contribution in [2.45, 2.75) is 46.1 Å². The Kier molecular flexibility index (Phi) is 3.53. The summed E-state index contributed by atoms with van der Waals surface area (Å²) in [5.41, 5.74) is 0.379. The topological polar surface area (TPSA) is 40.5 Å². The first kappa shape index (κ1) is 11.5. The maximum Gasteiger partial charge on any atom is 0.320 e. The average molecular weight is 199 g/mol. The third kappa shape index (κ3) is 2.08. The lowest BCUT2D eigenvalue weighted by Crippen LogP contribution is -2.38. The molecule has 1 atom stereocenters. The fraction of sp³-hybridized carbons (Fsp3) is 0.909. The van der Waals surface area contributed by atoms with Gasteiger partial charge in [-0.1, -0.05) is 13.8 Å². The maximum absolute atomic E-state index is 10.8. The molecule has 0 radical (unpaired) electrons. The van der Waals surface area contributed by atoms with Crippen LogP contribution in [0, 0.1) is 5.41 Å². The quantitative estimate of drug-likeness (QED) is 0.752. The van der Waals surface area contributed by atoms with Gasteiger partial charge in [0.25, 0.3) is 0 Å². The Hall–Kier alpha value is -0.570. The van der Waals surface area contributed by atoms with Crippen LogP contribution in [0.3, 0.4) is 0 Å². The molecule has 0 saturated carbocycles. The zero-order valence-corrected chi connectivity index (χ0v) is 9.42. The molecule has 0 aromatic heterocycles. The molecule has 0 aliphatic carbocycles. The molecular formula is C11H21NO2. The van der Waals surface area contributed by atoms with E-state index in [2.05, 4.69) is 18.7 Å². The second kappa shape index (κ2) is 4.30. The highest BCUT2D eigenvalue weighted by Gasteiger charge is 2.38. The maximum atomic E-state index is 10.8. The van der Waals surface area contributed by atoms with Gasteiger partial charge in [0.15, 0.2) is 0 Å². The molecule has 3 nitrogen and oxygen atoms in total. The van der Waals surface area contributed by atoms with Crippen molar-refractivity contribution in [1.29, 1.82) is 0 Å². The van der Waals surface area contributed by atoms with Gasteiger partial charge in [-0.05, 0) is 38.1 Å². The minimum absolute atomic E-state index is 0.324. The van der Waals surface area contributed by atoms with E-state index in [0.29, 0.717) is 5.41 Å². The van der Waals surface area contributed by atoms with Gasteiger partial charge < -0.3 is 5.11 Å². The molecule has 0 spiro atoms. The van der Waals surface area contributed by atoms with Crippen LogP contribution in [-0.4, -0.2) is 35.1 Å². The Morgan fingerprint density at radius 2 is 2.07 bits per heavy atom. The molecule has 3 heteroatoms. The highest BCUT2D eigenvalue weighted by Crippen LogP contribution is 2.37. The summed E-state index contributed by atoms with van der Waals surface area (Å²) in [6.07, 6.45) is 3.47. The van der Waals surface area contributed by atoms with Gasteiger partial charge in [0.1, 0.15) is 6.04 Å². The normalized spacial score (nSPS) is 23.6. The molecule has 1 N–H and O–H groups in total. The zero-order chi connectivity index (χ0) is 10.8. The lowest BCUT2D eigenvalue weighted by Gasteiger charge is -2.27. The second-order valence-electron chi connectivity index (χ2n) is 4.44. The minimum Gasteiger partial charge on any atom is -0.480 e. The number of carboxylic acids is 1. The van der Waals surface area contributed by atoms with Gasteiger partial charge in [0.05, 0.1) is 0 Å². The molecule has 1 aliphatic heterocycles. The fourth-order valence-electron chi connectivity index (χ4n) is 2.28. The summed E-state index contributed by atoms with van der Waals surface area (Å²) in [5, 5.41) is 8.92. The van der Waals surface area contributed by atoms with E-state index in [0.717, 1.165) is 32.4 Å². The van der Waals surface area contributed by atoms with Crippen LogP contribution < -0.4 is 0 Å². The summed E-state index contributed by atoms with van der Waals surface area (Å²) in [6, 6.07) is -0.324. The third-order valence-electron chi connectivity index (χ3n) is 3.87. The smallest absolute Gasteiger partial charge is 0.320 e. The van der Waals surface area contributed by atoms with E-state index in [4.69, 9.17) is 5.11 Å². The number of likely N-dealkylation sites (tertiary alicyclic amines) is 1. The Labute approximate surface area is 86.1 Å². The van der Waals surface area contributed by atoms with Crippen LogP contribution in [0.5, 0.6) is 0 Å². The highest BCUT2D eigenvalue weighted by atomic mass is 16.4. The van der Waals surface area contributed by atoms with Crippen LogP contribution in [0.4, 0.5) is 0 Å². The van der Waals surface area contributed by atoms with E-state index in [-0.39, 0.29) is 6.04 Å². The van der Waals surface area contributed by atoms with Crippen molar-refractivity contribution in [3.05, 3.63) is 0 Å². The number of rotatable bonds is 4. The molecule has 1 aliphatic rings. The zero-order valence-electron chi connectivity index (χ0n) is 9.42. The summed E-state index contributed by atoms with van der Waals surface area (Å²) in [5.74, 6) is -0.701. The van der Waals surface area contributed by atoms with E-state index in [1.165, 1.54) is 0 Å². The monoisotopic (exact) mass is 199 g/mol. The van der Waals surface area contributed by atoms with Gasteiger partial charge >= 0.3 is 5.97 Å². The van der Waals surface area contributed by atoms with Crippen LogP contribution in [0.2, 0.25) is 0 Å². The third-order valence-corrected chi connectivity index (χ3v) is 3.87. The van der Waals surface area contributed by atoms with E-state index in [9.17, 15) is 4.79 Å². The van der Waals surface area contributed by atoms with Crippen LogP contribution in [0.1, 0.15) is 40.0 Å². The van der Waals surface area contributed by atoms with Gasteiger partial charge in [-0.15, -0.1) is 0 Å². The van der Waals surface area contributed by atoms with E-state index in [1.54, 1.807) is 6.92 Å². The van der Waals surface area contributed by atoms with Crippen molar-refractivity contribution >= 4 is 5.97 Å². The Balaban J connectivity index is 2.60. The first-order valence-electron chi connectivity index (χ1n) is 5.51. The first-order valence-corrected chi connectivity index (χ1v) is 5.51. The van der Waals surface area contributed by atoms with Crippen molar-refractivity contribution in [3.8, 4) is 0 Å². The predicted molar refractivity (Wildman–Crippen MR) is 56.3 cm³/mol.